The van der Waals surface area contributed by atoms with Crippen molar-refractivity contribution in [2.24, 2.45) is 5.73 Å². The van der Waals surface area contributed by atoms with E-state index in [2.05, 4.69) is 26.0 Å². The number of amides is 2. The topological polar surface area (TPSA) is 125 Å². The highest BCUT2D eigenvalue weighted by atomic mass is 79.9. The van der Waals surface area contributed by atoms with Gasteiger partial charge in [0.05, 0.1) is 11.0 Å². The van der Waals surface area contributed by atoms with E-state index in [9.17, 15) is 14.4 Å². The van der Waals surface area contributed by atoms with Crippen LogP contribution in [0.25, 0.3) is 5.65 Å². The Morgan fingerprint density at radius 2 is 2.00 bits per heavy atom. The highest BCUT2D eigenvalue weighted by Crippen LogP contribution is 2.30. The number of aromatic nitrogens is 4. The zero-order chi connectivity index (χ0) is 21.0. The van der Waals surface area contributed by atoms with E-state index in [-0.39, 0.29) is 5.91 Å². The molecule has 0 spiro atoms. The molecule has 2 N–H and O–H groups in total. The molecule has 0 aromatic carbocycles. The van der Waals surface area contributed by atoms with E-state index >= 15 is 0 Å². The predicted molar refractivity (Wildman–Crippen MR) is 106 cm³/mol. The highest BCUT2D eigenvalue weighted by Gasteiger charge is 2.45. The Labute approximate surface area is 178 Å². The summed E-state index contributed by atoms with van der Waals surface area (Å²) in [4.78, 5) is 42.7. The van der Waals surface area contributed by atoms with Crippen LogP contribution in [-0.2, 0) is 22.6 Å². The van der Waals surface area contributed by atoms with Crippen LogP contribution in [0.15, 0.2) is 47.2 Å². The maximum absolute atomic E-state index is 12.9. The van der Waals surface area contributed by atoms with Gasteiger partial charge in [-0.05, 0) is 40.2 Å². The minimum atomic E-state index is -1.41. The Bertz CT molecular complexity index is 1250. The third kappa shape index (κ3) is 2.98. The summed E-state index contributed by atoms with van der Waals surface area (Å²) in [5, 5.41) is 4.30. The molecule has 0 bridgehead atoms. The molecular weight excluding hydrogens is 456 g/mol. The van der Waals surface area contributed by atoms with Gasteiger partial charge in [-0.15, -0.1) is 0 Å². The van der Waals surface area contributed by atoms with Crippen molar-refractivity contribution in [3.8, 4) is 0 Å². The van der Waals surface area contributed by atoms with Crippen LogP contribution in [0, 0.1) is 0 Å². The number of hydrogen-bond acceptors (Lipinski definition) is 6. The summed E-state index contributed by atoms with van der Waals surface area (Å²) in [6, 6.07) is 5.02. The molecule has 152 valence electrons. The van der Waals surface area contributed by atoms with E-state index in [4.69, 9.17) is 10.5 Å². The zero-order valence-electron chi connectivity index (χ0n) is 15.5. The van der Waals surface area contributed by atoms with Crippen LogP contribution in [0.1, 0.15) is 26.7 Å². The molecule has 2 aliphatic rings. The Morgan fingerprint density at radius 3 is 2.73 bits per heavy atom. The number of hydrogen-bond donors (Lipinski definition) is 1. The van der Waals surface area contributed by atoms with Gasteiger partial charge in [-0.1, -0.05) is 0 Å². The SMILES string of the molecule is NC(=O)C1(OC(=O)c2ccc3n2CCN(C(=O)c2cc4ncc(Br)cn4n2)C3)C=C1. The maximum atomic E-state index is 12.9. The molecule has 5 rings (SSSR count). The van der Waals surface area contributed by atoms with E-state index < -0.39 is 17.5 Å². The lowest BCUT2D eigenvalue weighted by molar-refractivity contribution is -0.127. The number of carbonyl (C=O) groups excluding carboxylic acids is 3. The summed E-state index contributed by atoms with van der Waals surface area (Å²) in [6.45, 7) is 1.12. The molecule has 10 nitrogen and oxygen atoms in total. The van der Waals surface area contributed by atoms with Crippen LogP contribution in [0.3, 0.4) is 0 Å². The molecule has 3 aromatic heterocycles. The number of ether oxygens (including phenoxy) is 1. The van der Waals surface area contributed by atoms with Crippen molar-refractivity contribution in [1.82, 2.24) is 24.1 Å². The van der Waals surface area contributed by atoms with Crippen molar-refractivity contribution in [1.29, 1.82) is 0 Å². The number of rotatable bonds is 4. The molecule has 0 fully saturated rings. The molecule has 1 aliphatic heterocycles. The number of carbonyl (C=O) groups is 3. The first-order valence-corrected chi connectivity index (χ1v) is 9.88. The molecule has 11 heteroatoms. The smallest absolute Gasteiger partial charge is 0.356 e. The number of nitrogens with two attached hydrogens (primary N) is 1. The van der Waals surface area contributed by atoms with Crippen LogP contribution in [0.2, 0.25) is 0 Å². The number of halogens is 1. The molecule has 30 heavy (non-hydrogen) atoms. The molecule has 4 heterocycles. The van der Waals surface area contributed by atoms with Gasteiger partial charge >= 0.3 is 5.97 Å². The first-order chi connectivity index (χ1) is 14.4. The predicted octanol–water partition coefficient (Wildman–Crippen LogP) is 0.900. The van der Waals surface area contributed by atoms with Gasteiger partial charge in [0.25, 0.3) is 11.8 Å². The number of fused-ring (bicyclic) bond motifs is 2. The monoisotopic (exact) mass is 470 g/mol. The van der Waals surface area contributed by atoms with Crippen LogP contribution in [-0.4, -0.2) is 54.0 Å². The second-order valence-corrected chi connectivity index (χ2v) is 7.99. The highest BCUT2D eigenvalue weighted by molar-refractivity contribution is 9.10. The van der Waals surface area contributed by atoms with Crippen molar-refractivity contribution in [3.05, 3.63) is 64.3 Å². The number of nitrogens with zero attached hydrogens (tertiary/aromatic N) is 5. The van der Waals surface area contributed by atoms with Gasteiger partial charge in [0, 0.05) is 37.2 Å². The van der Waals surface area contributed by atoms with E-state index in [1.807, 2.05) is 0 Å². The van der Waals surface area contributed by atoms with Gasteiger partial charge < -0.3 is 19.9 Å². The Morgan fingerprint density at radius 1 is 1.20 bits per heavy atom. The fourth-order valence-corrected chi connectivity index (χ4v) is 3.74. The largest absolute Gasteiger partial charge is 0.436 e. The molecular formula is C19H15BrN6O4. The zero-order valence-corrected chi connectivity index (χ0v) is 17.1. The molecule has 0 saturated carbocycles. The van der Waals surface area contributed by atoms with Gasteiger partial charge in [0.1, 0.15) is 5.69 Å². The third-order valence-corrected chi connectivity index (χ3v) is 5.54. The average molecular weight is 471 g/mol. The van der Waals surface area contributed by atoms with Crippen molar-refractivity contribution < 1.29 is 19.1 Å². The van der Waals surface area contributed by atoms with Gasteiger partial charge in [0.15, 0.2) is 11.3 Å². The lowest BCUT2D eigenvalue weighted by Gasteiger charge is -2.29. The quantitative estimate of drug-likeness (QED) is 0.446. The van der Waals surface area contributed by atoms with E-state index in [0.29, 0.717) is 36.7 Å². The number of primary amides is 1. The van der Waals surface area contributed by atoms with Crippen LogP contribution in [0.4, 0.5) is 0 Å². The maximum Gasteiger partial charge on any atom is 0.356 e. The lowest BCUT2D eigenvalue weighted by Crippen LogP contribution is -2.40. The average Bonchev–Trinajstić information content (AvgIpc) is 3.20. The molecule has 0 radical (unpaired) electrons. The van der Waals surface area contributed by atoms with E-state index in [1.165, 1.54) is 12.2 Å². The second kappa shape index (κ2) is 6.52. The molecule has 0 atom stereocenters. The van der Waals surface area contributed by atoms with Gasteiger partial charge in [-0.25, -0.2) is 14.3 Å². The first-order valence-electron chi connectivity index (χ1n) is 9.08. The van der Waals surface area contributed by atoms with Crippen molar-refractivity contribution in [2.75, 3.05) is 6.54 Å². The van der Waals surface area contributed by atoms with Gasteiger partial charge in [-0.2, -0.15) is 5.10 Å². The molecule has 3 aromatic rings. The normalized spacial score (nSPS) is 16.4. The summed E-state index contributed by atoms with van der Waals surface area (Å²) >= 11 is 3.33. The lowest BCUT2D eigenvalue weighted by atomic mass is 10.2. The van der Waals surface area contributed by atoms with Crippen molar-refractivity contribution in [3.63, 3.8) is 0 Å². The van der Waals surface area contributed by atoms with E-state index in [1.54, 1.807) is 44.6 Å². The van der Waals surface area contributed by atoms with E-state index in [0.717, 1.165) is 10.2 Å². The number of esters is 1. The van der Waals surface area contributed by atoms with Crippen molar-refractivity contribution >= 4 is 39.4 Å². The molecule has 0 saturated heterocycles. The minimum Gasteiger partial charge on any atom is -0.436 e. The molecule has 2 amide bonds. The van der Waals surface area contributed by atoms with Crippen LogP contribution < -0.4 is 5.73 Å². The summed E-state index contributed by atoms with van der Waals surface area (Å²) in [5.41, 5.74) is 5.82. The summed E-state index contributed by atoms with van der Waals surface area (Å²) in [6.07, 6.45) is 6.25. The summed E-state index contributed by atoms with van der Waals surface area (Å²) in [7, 11) is 0. The first kappa shape index (κ1) is 18.6. The van der Waals surface area contributed by atoms with Gasteiger partial charge in [0.2, 0.25) is 5.60 Å². The standard InChI is InChI=1S/C19H15BrN6O4/c20-11-8-22-15-7-13(23-26(15)9-11)16(27)24-5-6-25-12(10-24)1-2-14(25)17(28)30-19(3-4-19)18(21)29/h1-4,7-9H,5-6,10H2,(H2,21,29). The fraction of sp³-hybridized carbons (Fsp3) is 0.211. The summed E-state index contributed by atoms with van der Waals surface area (Å²) in [5.74, 6) is -1.59. The molecule has 1 aliphatic carbocycles. The van der Waals surface area contributed by atoms with Crippen LogP contribution >= 0.6 is 15.9 Å². The molecule has 0 unspecified atom stereocenters. The minimum absolute atomic E-state index is 0.219. The Hall–Kier alpha value is -3.47. The fourth-order valence-electron chi connectivity index (χ4n) is 3.44. The summed E-state index contributed by atoms with van der Waals surface area (Å²) < 4.78 is 9.34. The van der Waals surface area contributed by atoms with Gasteiger partial charge in [-0.3, -0.25) is 9.59 Å². The second-order valence-electron chi connectivity index (χ2n) is 7.07. The Kier molecular flexibility index (Phi) is 4.03. The Balaban J connectivity index is 1.33. The van der Waals surface area contributed by atoms with Crippen molar-refractivity contribution in [2.45, 2.75) is 18.7 Å². The van der Waals surface area contributed by atoms with Crippen LogP contribution in [0.5, 0.6) is 0 Å². The third-order valence-electron chi connectivity index (χ3n) is 5.13.